The number of hydroxylamine groups is 3. The highest BCUT2D eigenvalue weighted by molar-refractivity contribution is 7.66. The lowest BCUT2D eigenvalue weighted by molar-refractivity contribution is -0.242. The molecule has 0 amide bonds. The van der Waals surface area contributed by atoms with Crippen molar-refractivity contribution in [3.8, 4) is 12.0 Å². The van der Waals surface area contributed by atoms with Gasteiger partial charge in [-0.15, -0.1) is 5.59 Å². The Balaban J connectivity index is 2.02. The van der Waals surface area contributed by atoms with Gasteiger partial charge >= 0.3 is 23.5 Å². The van der Waals surface area contributed by atoms with Gasteiger partial charge in [0.2, 0.25) is 12.5 Å². The normalized spacial score (nSPS) is 26.4. The Bertz CT molecular complexity index is 1140. The van der Waals surface area contributed by atoms with Crippen molar-refractivity contribution in [3.05, 3.63) is 6.33 Å². The molecule has 190 valence electrons. The summed E-state index contributed by atoms with van der Waals surface area (Å²) >= 11 is 0. The molecule has 3 heterocycles. The van der Waals surface area contributed by atoms with Crippen LogP contribution in [-0.4, -0.2) is 65.9 Å². The first kappa shape index (κ1) is 27.0. The van der Waals surface area contributed by atoms with Crippen molar-refractivity contribution in [1.82, 2.24) is 25.4 Å². The van der Waals surface area contributed by atoms with Crippen LogP contribution in [0.3, 0.4) is 0 Å². The van der Waals surface area contributed by atoms with E-state index in [0.717, 1.165) is 11.5 Å². The molecule has 23 heteroatoms. The molecule has 34 heavy (non-hydrogen) atoms. The third-order valence-electron chi connectivity index (χ3n) is 4.12. The molecule has 10 N–H and O–H groups in total. The summed E-state index contributed by atoms with van der Waals surface area (Å²) in [7, 11) is -17.1. The first-order chi connectivity index (χ1) is 15.7. The Morgan fingerprint density at radius 1 is 1.24 bits per heavy atom. The highest BCUT2D eigenvalue weighted by Gasteiger charge is 2.57. The Morgan fingerprint density at radius 2 is 1.94 bits per heavy atom. The molecule has 2 aliphatic heterocycles. The molecule has 0 saturated carbocycles. The summed E-state index contributed by atoms with van der Waals surface area (Å²) in [4.78, 5) is 51.8. The fraction of sp³-hybridized carbons (Fsp3) is 0.455. The van der Waals surface area contributed by atoms with Gasteiger partial charge in [0.1, 0.15) is 6.33 Å². The molecule has 3 unspecified atom stereocenters. The maximum absolute atomic E-state index is 12.6. The van der Waals surface area contributed by atoms with Crippen LogP contribution in [0.1, 0.15) is 6.42 Å². The Hall–Kier alpha value is -1.59. The van der Waals surface area contributed by atoms with Gasteiger partial charge in [-0.1, -0.05) is 9.80 Å². The van der Waals surface area contributed by atoms with Crippen LogP contribution in [0.5, 0.6) is 0 Å². The van der Waals surface area contributed by atoms with E-state index in [1.807, 2.05) is 0 Å². The molecule has 3 rings (SSSR count). The predicted octanol–water partition coefficient (Wildman–Crippen LogP) is -1.82. The first-order valence-corrected chi connectivity index (χ1v) is 13.4. The molecule has 0 bridgehead atoms. The average molecular weight is 549 g/mol. The molecular weight excluding hydrogens is 529 g/mol. The smallest absolute Gasteiger partial charge is 0.378 e. The molecule has 2 aliphatic rings. The van der Waals surface area contributed by atoms with E-state index in [4.69, 9.17) is 35.9 Å². The molecule has 0 radical (unpaired) electrons. The Kier molecular flexibility index (Phi) is 7.79. The van der Waals surface area contributed by atoms with E-state index in [-0.39, 0.29) is 36.8 Å². The number of aromatic nitrogens is 2. The van der Waals surface area contributed by atoms with Crippen molar-refractivity contribution < 1.29 is 56.6 Å². The number of nitrogens with two attached hydrogens (primary N) is 2. The maximum atomic E-state index is 12.6. The number of nitrogens with zero attached hydrogens (tertiary/aromatic N) is 5. The third kappa shape index (κ3) is 6.15. The number of fused-ring (bicyclic) bond motifs is 1. The Morgan fingerprint density at radius 3 is 2.53 bits per heavy atom. The zero-order valence-electron chi connectivity index (χ0n) is 16.8. The lowest BCUT2D eigenvalue weighted by atomic mass is 10.3. The summed E-state index contributed by atoms with van der Waals surface area (Å²) < 4.78 is 46.6. The molecule has 4 atom stereocenters. The minimum Gasteiger partial charge on any atom is -0.378 e. The van der Waals surface area contributed by atoms with Crippen LogP contribution in [0.4, 0.5) is 17.3 Å². The molecule has 0 spiro atoms. The van der Waals surface area contributed by atoms with E-state index in [2.05, 4.69) is 30.6 Å². The van der Waals surface area contributed by atoms with E-state index in [1.54, 1.807) is 5.59 Å². The zero-order valence-corrected chi connectivity index (χ0v) is 19.5. The second kappa shape index (κ2) is 9.81. The van der Waals surface area contributed by atoms with Gasteiger partial charge in [0.15, 0.2) is 18.1 Å². The quantitative estimate of drug-likeness (QED) is 0.0766. The summed E-state index contributed by atoms with van der Waals surface area (Å²) in [6.45, 7) is -0.555. The van der Waals surface area contributed by atoms with Gasteiger partial charge in [-0.05, 0) is 10.6 Å². The Labute approximate surface area is 190 Å². The average Bonchev–Trinajstić information content (AvgIpc) is 3.27. The maximum Gasteiger partial charge on any atom is 0.528 e. The number of nitrogens with one attached hydrogen (secondary N) is 1. The molecular formula is C11H20N8O12P3+. The van der Waals surface area contributed by atoms with Crippen LogP contribution in [0.2, 0.25) is 0 Å². The number of nitrogen functional groups attached to an aromatic ring is 1. The third-order valence-corrected chi connectivity index (χ3v) is 7.94. The van der Waals surface area contributed by atoms with Crippen molar-refractivity contribution in [2.24, 2.45) is 5.73 Å². The number of anilines is 2. The number of hydrogen-bond donors (Lipinski definition) is 8. The SMILES string of the molecule is NCC#C[N+]1(OP(=O)(O)OP(=O)(O)OP(=O)(O)O)CN([C@H]2CCN(NO)O2)c2ncnc(N)c21. The lowest BCUT2D eigenvalue weighted by Gasteiger charge is -2.27. The minimum atomic E-state index is -5.82. The predicted molar refractivity (Wildman–Crippen MR) is 108 cm³/mol. The van der Waals surface area contributed by atoms with Gasteiger partial charge in [0.25, 0.3) is 5.69 Å². The van der Waals surface area contributed by atoms with E-state index in [1.165, 1.54) is 4.90 Å². The van der Waals surface area contributed by atoms with Gasteiger partial charge in [-0.3, -0.25) is 19.8 Å². The molecule has 0 aliphatic carbocycles. The van der Waals surface area contributed by atoms with Crippen molar-refractivity contribution in [2.75, 3.05) is 30.4 Å². The summed E-state index contributed by atoms with van der Waals surface area (Å²) in [5.41, 5.74) is 12.9. The van der Waals surface area contributed by atoms with E-state index in [9.17, 15) is 23.5 Å². The fourth-order valence-corrected chi connectivity index (χ4v) is 6.26. The van der Waals surface area contributed by atoms with Crippen molar-refractivity contribution in [2.45, 2.75) is 12.6 Å². The fourth-order valence-electron chi connectivity index (χ4n) is 3.11. The summed E-state index contributed by atoms with van der Waals surface area (Å²) in [5, 5.41) is 10.0. The van der Waals surface area contributed by atoms with Crippen molar-refractivity contribution in [1.29, 1.82) is 0 Å². The van der Waals surface area contributed by atoms with Crippen molar-refractivity contribution in [3.63, 3.8) is 0 Å². The molecule has 20 nitrogen and oxygen atoms in total. The second-order valence-electron chi connectivity index (χ2n) is 6.50. The molecule has 0 aromatic carbocycles. The van der Waals surface area contributed by atoms with Crippen LogP contribution < -0.4 is 26.6 Å². The van der Waals surface area contributed by atoms with Crippen LogP contribution in [-0.2, 0) is 31.8 Å². The van der Waals surface area contributed by atoms with E-state index < -0.39 is 41.0 Å². The number of rotatable bonds is 8. The standard InChI is InChI=1S/C11H19N8O12P3/c12-3-1-5-19(29-33(24,25)31-34(26,27)30-32(21,22)23)7-17(8-2-4-18(16-20)28-8)11-9(19)10(13)14-6-15-11/h6,8,16,20H,2-4,7,12H2,(H5-,13,14,15,21,22,23,24,25,26,27)/p+1/t8-,19?/m1/s1. The topological polar surface area (TPSA) is 286 Å². The monoisotopic (exact) mass is 549 g/mol. The highest BCUT2D eigenvalue weighted by atomic mass is 31.3. The van der Waals surface area contributed by atoms with Crippen LogP contribution in [0, 0.1) is 12.0 Å². The van der Waals surface area contributed by atoms with Crippen molar-refractivity contribution >= 4 is 40.8 Å². The zero-order chi connectivity index (χ0) is 25.4. The van der Waals surface area contributed by atoms with E-state index >= 15 is 0 Å². The molecule has 1 saturated heterocycles. The van der Waals surface area contributed by atoms with E-state index in [0.29, 0.717) is 0 Å². The molecule has 1 fully saturated rings. The van der Waals surface area contributed by atoms with Gasteiger partial charge < -0.3 is 26.1 Å². The summed E-state index contributed by atoms with van der Waals surface area (Å²) in [6, 6.07) is 2.44. The number of quaternary nitrogens is 1. The molecule has 1 aromatic heterocycles. The van der Waals surface area contributed by atoms with Crippen LogP contribution in [0.25, 0.3) is 0 Å². The first-order valence-electron chi connectivity index (χ1n) is 8.86. The van der Waals surface area contributed by atoms with Crippen LogP contribution in [0.15, 0.2) is 6.33 Å². The number of hydrazine groups is 1. The lowest BCUT2D eigenvalue weighted by Crippen LogP contribution is -2.49. The van der Waals surface area contributed by atoms with Crippen LogP contribution >= 0.6 is 23.5 Å². The molecule has 1 aromatic rings. The second-order valence-corrected chi connectivity index (χ2v) is 10.8. The largest absolute Gasteiger partial charge is 0.528 e. The van der Waals surface area contributed by atoms with Gasteiger partial charge in [0.05, 0.1) is 6.54 Å². The summed E-state index contributed by atoms with van der Waals surface area (Å²) in [6.07, 6.45) is 0.507. The van der Waals surface area contributed by atoms with Gasteiger partial charge in [0, 0.05) is 13.0 Å². The highest BCUT2D eigenvalue weighted by Crippen LogP contribution is 2.67. The van der Waals surface area contributed by atoms with Gasteiger partial charge in [-0.25, -0.2) is 23.7 Å². The minimum absolute atomic E-state index is 0.0160. The summed E-state index contributed by atoms with van der Waals surface area (Å²) in [5.74, 6) is 2.14. The number of hydrogen-bond acceptors (Lipinski definition) is 15. The van der Waals surface area contributed by atoms with Gasteiger partial charge in [-0.2, -0.15) is 8.62 Å². The number of phosphoric acid groups is 3.